The highest BCUT2D eigenvalue weighted by atomic mass is 16.1. The third-order valence-electron chi connectivity index (χ3n) is 5.55. The number of aryl methyl sites for hydroxylation is 1. The van der Waals surface area contributed by atoms with Gasteiger partial charge in [-0.3, -0.25) is 4.79 Å². The Bertz CT molecular complexity index is 1040. The van der Waals surface area contributed by atoms with Crippen molar-refractivity contribution in [3.05, 3.63) is 101 Å². The van der Waals surface area contributed by atoms with Crippen molar-refractivity contribution in [2.45, 2.75) is 32.2 Å². The molecule has 0 aromatic heterocycles. The second kappa shape index (κ2) is 11.0. The van der Waals surface area contributed by atoms with Crippen LogP contribution in [0.4, 0.5) is 5.69 Å². The van der Waals surface area contributed by atoms with Crippen LogP contribution < -0.4 is 10.2 Å². The zero-order valence-electron chi connectivity index (χ0n) is 18.5. The maximum atomic E-state index is 12.5. The number of nitrogens with one attached hydrogen (secondary N) is 3. The molecule has 0 unspecified atom stereocenters. The molecule has 2 aromatic rings. The molecule has 3 rings (SSSR count). The number of anilines is 1. The van der Waals surface area contributed by atoms with Gasteiger partial charge >= 0.3 is 0 Å². The molecule has 0 fully saturated rings. The minimum absolute atomic E-state index is 0.148. The van der Waals surface area contributed by atoms with Gasteiger partial charge in [0.1, 0.15) is 0 Å². The summed E-state index contributed by atoms with van der Waals surface area (Å²) in [4.78, 5) is 14.9. The lowest BCUT2D eigenvalue weighted by Gasteiger charge is -2.32. The molecule has 0 radical (unpaired) electrons. The molecule has 1 amide bonds. The van der Waals surface area contributed by atoms with E-state index in [-0.39, 0.29) is 11.8 Å². The van der Waals surface area contributed by atoms with Gasteiger partial charge in [0.15, 0.2) is 0 Å². The molecule has 0 saturated carbocycles. The van der Waals surface area contributed by atoms with Crippen molar-refractivity contribution < 1.29 is 4.79 Å². The highest BCUT2D eigenvalue weighted by molar-refractivity contribution is 5.95. The number of hydrogen-bond acceptors (Lipinski definition) is 4. The smallest absolute Gasteiger partial charge is 0.255 e. The quantitative estimate of drug-likeness (QED) is 0.371. The number of carbonyl (C=O) groups is 1. The first-order chi connectivity index (χ1) is 15.6. The van der Waals surface area contributed by atoms with Crippen LogP contribution >= 0.6 is 0 Å². The van der Waals surface area contributed by atoms with Crippen molar-refractivity contribution in [1.29, 1.82) is 10.8 Å². The monoisotopic (exact) mass is 426 g/mol. The van der Waals surface area contributed by atoms with Gasteiger partial charge in [0.2, 0.25) is 0 Å². The number of carbonyl (C=O) groups excluding carboxylic acids is 1. The van der Waals surface area contributed by atoms with Crippen molar-refractivity contribution in [1.82, 2.24) is 5.32 Å². The number of amides is 1. The van der Waals surface area contributed by atoms with Crippen LogP contribution in [0.3, 0.4) is 0 Å². The van der Waals surface area contributed by atoms with Crippen molar-refractivity contribution in [3.63, 3.8) is 0 Å². The topological polar surface area (TPSA) is 80.0 Å². The number of allylic oxidation sites excluding steroid dienone is 4. The molecule has 1 aliphatic rings. The van der Waals surface area contributed by atoms with Crippen LogP contribution in [0.2, 0.25) is 0 Å². The first-order valence-electron chi connectivity index (χ1n) is 10.8. The SMILES string of the molecule is C=CC=C(C=CC)NC(=O)c1ccc(CN2CCCc3cc(C(C=N)C=N)ccc32)cc1. The fourth-order valence-corrected chi connectivity index (χ4v) is 3.94. The standard InChI is InChI=1S/C27H30N4O/c1-3-6-25(7-4-2)30-27(32)21-11-9-20(10-12-21)19-31-15-5-8-23-16-22(13-14-26(23)31)24(17-28)18-29/h3-4,6-7,9-14,16-18,24,28-29H,1,5,8,15,19H2,2H3,(H,30,32). The second-order valence-corrected chi connectivity index (χ2v) is 7.78. The fraction of sp³-hybridized carbons (Fsp3) is 0.222. The van der Waals surface area contributed by atoms with Crippen molar-refractivity contribution in [3.8, 4) is 0 Å². The summed E-state index contributed by atoms with van der Waals surface area (Å²) < 4.78 is 0. The van der Waals surface area contributed by atoms with E-state index in [4.69, 9.17) is 10.8 Å². The Balaban J connectivity index is 1.72. The summed E-state index contributed by atoms with van der Waals surface area (Å²) in [5.41, 5.74) is 5.93. The van der Waals surface area contributed by atoms with E-state index in [1.165, 1.54) is 23.7 Å². The summed E-state index contributed by atoms with van der Waals surface area (Å²) in [7, 11) is 0. The van der Waals surface area contributed by atoms with Crippen LogP contribution in [0.15, 0.2) is 79.0 Å². The fourth-order valence-electron chi connectivity index (χ4n) is 3.94. The molecular weight excluding hydrogens is 396 g/mol. The summed E-state index contributed by atoms with van der Waals surface area (Å²) in [5, 5.41) is 17.9. The van der Waals surface area contributed by atoms with Crippen LogP contribution in [-0.2, 0) is 13.0 Å². The number of benzene rings is 2. The second-order valence-electron chi connectivity index (χ2n) is 7.78. The number of fused-ring (bicyclic) bond motifs is 1. The van der Waals surface area contributed by atoms with Crippen LogP contribution in [0.25, 0.3) is 0 Å². The molecule has 1 aliphatic heterocycles. The lowest BCUT2D eigenvalue weighted by Crippen LogP contribution is -2.29. The zero-order chi connectivity index (χ0) is 22.9. The van der Waals surface area contributed by atoms with Crippen molar-refractivity contribution >= 4 is 24.0 Å². The van der Waals surface area contributed by atoms with E-state index >= 15 is 0 Å². The predicted molar refractivity (Wildman–Crippen MR) is 133 cm³/mol. The average Bonchev–Trinajstić information content (AvgIpc) is 2.81. The Morgan fingerprint density at radius 1 is 1.19 bits per heavy atom. The summed E-state index contributed by atoms with van der Waals surface area (Å²) >= 11 is 0. The lowest BCUT2D eigenvalue weighted by atomic mass is 9.94. The Kier molecular flexibility index (Phi) is 7.92. The van der Waals surface area contributed by atoms with E-state index in [9.17, 15) is 4.79 Å². The number of rotatable bonds is 9. The summed E-state index contributed by atoms with van der Waals surface area (Å²) in [6.45, 7) is 7.33. The third-order valence-corrected chi connectivity index (χ3v) is 5.55. The molecule has 0 aliphatic carbocycles. The number of hydrogen-bond donors (Lipinski definition) is 3. The van der Waals surface area contributed by atoms with Crippen LogP contribution in [0.5, 0.6) is 0 Å². The Hall–Kier alpha value is -3.73. The highest BCUT2D eigenvalue weighted by Gasteiger charge is 2.19. The molecule has 1 heterocycles. The summed E-state index contributed by atoms with van der Waals surface area (Å²) in [6, 6.07) is 14.0. The van der Waals surface area contributed by atoms with Gasteiger partial charge < -0.3 is 21.0 Å². The largest absolute Gasteiger partial charge is 0.367 e. The van der Waals surface area contributed by atoms with Gasteiger partial charge in [-0.25, -0.2) is 0 Å². The van der Waals surface area contributed by atoms with E-state index in [0.29, 0.717) is 11.3 Å². The Morgan fingerprint density at radius 2 is 1.94 bits per heavy atom. The molecule has 2 aromatic carbocycles. The van der Waals surface area contributed by atoms with E-state index in [0.717, 1.165) is 37.1 Å². The van der Waals surface area contributed by atoms with Gasteiger partial charge in [-0.1, -0.05) is 43.0 Å². The van der Waals surface area contributed by atoms with Gasteiger partial charge in [0, 0.05) is 42.5 Å². The average molecular weight is 427 g/mol. The van der Waals surface area contributed by atoms with Crippen LogP contribution in [0, 0.1) is 10.8 Å². The Morgan fingerprint density at radius 3 is 2.59 bits per heavy atom. The highest BCUT2D eigenvalue weighted by Crippen LogP contribution is 2.31. The van der Waals surface area contributed by atoms with E-state index in [2.05, 4.69) is 28.9 Å². The predicted octanol–water partition coefficient (Wildman–Crippen LogP) is 5.40. The molecule has 5 heteroatoms. The maximum Gasteiger partial charge on any atom is 0.255 e. The molecule has 0 saturated heterocycles. The van der Waals surface area contributed by atoms with Gasteiger partial charge in [0.05, 0.1) is 5.92 Å². The van der Waals surface area contributed by atoms with Crippen molar-refractivity contribution in [2.24, 2.45) is 0 Å². The van der Waals surface area contributed by atoms with Crippen LogP contribution in [0.1, 0.15) is 46.3 Å². The maximum absolute atomic E-state index is 12.5. The van der Waals surface area contributed by atoms with E-state index < -0.39 is 0 Å². The molecular formula is C27H30N4O. The van der Waals surface area contributed by atoms with Gasteiger partial charge in [0.25, 0.3) is 5.91 Å². The molecule has 164 valence electrons. The zero-order valence-corrected chi connectivity index (χ0v) is 18.5. The third kappa shape index (κ3) is 5.49. The van der Waals surface area contributed by atoms with Crippen molar-refractivity contribution in [2.75, 3.05) is 11.4 Å². The molecule has 32 heavy (non-hydrogen) atoms. The van der Waals surface area contributed by atoms with Gasteiger partial charge in [-0.2, -0.15) is 0 Å². The first-order valence-corrected chi connectivity index (χ1v) is 10.8. The van der Waals surface area contributed by atoms with Crippen LogP contribution in [-0.4, -0.2) is 24.9 Å². The number of nitrogens with zero attached hydrogens (tertiary/aromatic N) is 1. The van der Waals surface area contributed by atoms with Gasteiger partial charge in [-0.05, 0) is 66.8 Å². The molecule has 0 spiro atoms. The normalized spacial score (nSPS) is 14.5. The first kappa shape index (κ1) is 22.9. The molecule has 0 bridgehead atoms. The van der Waals surface area contributed by atoms with E-state index in [1.54, 1.807) is 12.2 Å². The minimum Gasteiger partial charge on any atom is -0.367 e. The van der Waals surface area contributed by atoms with Gasteiger partial charge in [-0.15, -0.1) is 0 Å². The molecule has 5 nitrogen and oxygen atoms in total. The summed E-state index contributed by atoms with van der Waals surface area (Å²) in [5.74, 6) is -0.408. The minimum atomic E-state index is -0.260. The Labute approximate surface area is 190 Å². The lowest BCUT2D eigenvalue weighted by molar-refractivity contribution is 0.0967. The summed E-state index contributed by atoms with van der Waals surface area (Å²) in [6.07, 6.45) is 11.8. The molecule has 0 atom stereocenters. The molecule has 3 N–H and O–H groups in total. The van der Waals surface area contributed by atoms with E-state index in [1.807, 2.05) is 49.4 Å².